The molecule has 0 atom stereocenters. The van der Waals surface area contributed by atoms with E-state index in [0.717, 1.165) is 5.69 Å². The van der Waals surface area contributed by atoms with Crippen molar-refractivity contribution in [3.63, 3.8) is 0 Å². The third kappa shape index (κ3) is 3.10. The predicted molar refractivity (Wildman–Crippen MR) is 77.8 cm³/mol. The Morgan fingerprint density at radius 2 is 1.88 bits per heavy atom. The third-order valence-corrected chi connectivity index (χ3v) is 3.59. The fraction of sp³-hybridized carbons (Fsp3) is 0.0833. The van der Waals surface area contributed by atoms with Gasteiger partial charge in [-0.25, -0.2) is 4.68 Å². The summed E-state index contributed by atoms with van der Waals surface area (Å²) < 4.78 is 14.8. The number of hydrogen-bond donors (Lipinski definition) is 0. The summed E-state index contributed by atoms with van der Waals surface area (Å²) in [5.74, 6) is 0.961. The molecule has 4 rings (SSSR count). The van der Waals surface area contributed by atoms with Crippen LogP contribution >= 0.6 is 0 Å². The van der Waals surface area contributed by atoms with Gasteiger partial charge in [-0.05, 0) is 6.07 Å². The van der Waals surface area contributed by atoms with E-state index in [0.29, 0.717) is 23.3 Å². The average molecular weight is 541 g/mol. The van der Waals surface area contributed by atoms with Crippen LogP contribution in [0.15, 0.2) is 56.5 Å². The van der Waals surface area contributed by atoms with Crippen molar-refractivity contribution < 1.29 is 34.6 Å². The Morgan fingerprint density at radius 3 is 2.58 bits per heavy atom. The molecule has 24 heavy (non-hydrogen) atoms. The fourth-order valence-electron chi connectivity index (χ4n) is 2.02. The fourth-order valence-corrected chi connectivity index (χ4v) is 2.39. The SMILES string of the molecule is [Pt+2].[S-]c1ocnc1-n1ccc(Cn2cc[n+](-c3ncoc3[S-])n2)n1. The molecular formula is C12H8N7O2PtS2+. The molecule has 0 aliphatic carbocycles. The Balaban J connectivity index is 0.00000169. The maximum Gasteiger partial charge on any atom is 2.00 e. The number of nitrogens with zero attached hydrogens (tertiary/aromatic N) is 7. The van der Waals surface area contributed by atoms with Crippen LogP contribution in [0, 0.1) is 0 Å². The number of oxazole rings is 2. The number of rotatable bonds is 4. The molecule has 12 heteroatoms. The normalized spacial score (nSPS) is 10.7. The van der Waals surface area contributed by atoms with Gasteiger partial charge in [0, 0.05) is 16.5 Å². The van der Waals surface area contributed by atoms with Crippen molar-refractivity contribution in [3.8, 4) is 11.6 Å². The van der Waals surface area contributed by atoms with Gasteiger partial charge in [0.25, 0.3) is 6.39 Å². The van der Waals surface area contributed by atoms with Crippen LogP contribution in [0.1, 0.15) is 5.69 Å². The zero-order valence-corrected chi connectivity index (χ0v) is 15.7. The molecule has 0 aromatic carbocycles. The second-order valence-electron chi connectivity index (χ2n) is 4.51. The maximum absolute atomic E-state index is 5.03. The molecule has 0 aliphatic heterocycles. The summed E-state index contributed by atoms with van der Waals surface area (Å²) in [5, 5.41) is 9.32. The van der Waals surface area contributed by atoms with Crippen molar-refractivity contribution in [3.05, 3.63) is 43.1 Å². The monoisotopic (exact) mass is 541 g/mol. The summed E-state index contributed by atoms with van der Waals surface area (Å²) in [6.45, 7) is 0.467. The van der Waals surface area contributed by atoms with Crippen molar-refractivity contribution in [2.45, 2.75) is 16.7 Å². The molecule has 0 aliphatic rings. The first kappa shape index (κ1) is 16.7. The quantitative estimate of drug-likeness (QED) is 0.267. The summed E-state index contributed by atoms with van der Waals surface area (Å²) in [5.41, 5.74) is 0.788. The first-order valence-electron chi connectivity index (χ1n) is 6.42. The van der Waals surface area contributed by atoms with E-state index in [1.807, 2.05) is 6.07 Å². The summed E-state index contributed by atoms with van der Waals surface area (Å²) in [6.07, 6.45) is 7.87. The summed E-state index contributed by atoms with van der Waals surface area (Å²) in [6, 6.07) is 1.85. The molecule has 4 heterocycles. The van der Waals surface area contributed by atoms with Crippen LogP contribution in [0.2, 0.25) is 0 Å². The predicted octanol–water partition coefficient (Wildman–Crippen LogP) is 0.179. The molecule has 0 spiro atoms. The van der Waals surface area contributed by atoms with E-state index in [1.165, 1.54) is 12.8 Å². The van der Waals surface area contributed by atoms with E-state index in [2.05, 4.69) is 20.3 Å². The smallest absolute Gasteiger partial charge is 0.738 e. The van der Waals surface area contributed by atoms with Crippen LogP contribution in [0.5, 0.6) is 0 Å². The molecule has 0 amide bonds. The number of hydrogen-bond acceptors (Lipinski definition) is 8. The van der Waals surface area contributed by atoms with E-state index in [9.17, 15) is 0 Å². The molecule has 0 radical (unpaired) electrons. The van der Waals surface area contributed by atoms with Crippen LogP contribution in [0.25, 0.3) is 11.6 Å². The first-order valence-corrected chi connectivity index (χ1v) is 7.24. The van der Waals surface area contributed by atoms with Crippen molar-refractivity contribution in [2.75, 3.05) is 0 Å². The molecule has 0 saturated heterocycles. The van der Waals surface area contributed by atoms with Crippen LogP contribution < -0.4 is 4.68 Å². The number of aromatic nitrogens is 7. The molecule has 0 bridgehead atoms. The van der Waals surface area contributed by atoms with Crippen LogP contribution in [0.4, 0.5) is 0 Å². The van der Waals surface area contributed by atoms with Gasteiger partial charge in [-0.2, -0.15) is 14.8 Å². The molecule has 0 saturated carbocycles. The Kier molecular flexibility index (Phi) is 4.74. The second kappa shape index (κ2) is 6.79. The molecule has 9 nitrogen and oxygen atoms in total. The van der Waals surface area contributed by atoms with Crippen molar-refractivity contribution in [2.24, 2.45) is 0 Å². The summed E-state index contributed by atoms with van der Waals surface area (Å²) in [4.78, 5) is 8.05. The van der Waals surface area contributed by atoms with Crippen LogP contribution in [-0.2, 0) is 52.9 Å². The van der Waals surface area contributed by atoms with Gasteiger partial charge in [-0.15, -0.1) is 4.68 Å². The standard InChI is InChI=1S/C12H9N7O2S2.Pt/c22-11-9(13-6-20-11)18-2-1-8(15-18)5-17-3-4-19(16-17)10-12(23)21-7-14-10;/h1-4,6-7H,5H2,(H-,16,22,23);/q;+2/p-1. The molecule has 4 aromatic rings. The van der Waals surface area contributed by atoms with Crippen molar-refractivity contribution in [1.82, 2.24) is 29.6 Å². The molecule has 0 N–H and O–H groups in total. The van der Waals surface area contributed by atoms with Crippen molar-refractivity contribution in [1.29, 1.82) is 0 Å². The van der Waals surface area contributed by atoms with Gasteiger partial charge in [0.2, 0.25) is 0 Å². The van der Waals surface area contributed by atoms with Gasteiger partial charge >= 0.3 is 26.9 Å². The molecule has 0 fully saturated rings. The van der Waals surface area contributed by atoms with Crippen LogP contribution in [0.3, 0.4) is 0 Å². The first-order chi connectivity index (χ1) is 11.2. The van der Waals surface area contributed by atoms with E-state index in [-0.39, 0.29) is 26.2 Å². The summed E-state index contributed by atoms with van der Waals surface area (Å²) >= 11 is 10.1. The summed E-state index contributed by atoms with van der Waals surface area (Å²) in [7, 11) is 0. The Hall–Kier alpha value is -2.10. The van der Waals surface area contributed by atoms with E-state index >= 15 is 0 Å². The van der Waals surface area contributed by atoms with E-state index < -0.39 is 0 Å². The second-order valence-corrected chi connectivity index (χ2v) is 5.25. The maximum atomic E-state index is 5.03. The molecule has 4 aromatic heterocycles. The zero-order valence-electron chi connectivity index (χ0n) is 11.8. The van der Waals surface area contributed by atoms with Gasteiger partial charge < -0.3 is 34.1 Å². The van der Waals surface area contributed by atoms with Crippen molar-refractivity contribution >= 4 is 25.3 Å². The zero-order chi connectivity index (χ0) is 15.8. The van der Waals surface area contributed by atoms with E-state index in [1.54, 1.807) is 32.6 Å². The Bertz CT molecular complexity index is 884. The molecule has 0 unspecified atom stereocenters. The van der Waals surface area contributed by atoms with Gasteiger partial charge in [0.05, 0.1) is 10.8 Å². The third-order valence-electron chi connectivity index (χ3n) is 3.03. The average Bonchev–Trinajstić information content (AvgIpc) is 3.27. The minimum atomic E-state index is 0. The van der Waals surface area contributed by atoms with Gasteiger partial charge in [-0.3, -0.25) is 0 Å². The largest absolute Gasteiger partial charge is 2.00 e. The molecular weight excluding hydrogens is 533 g/mol. The topological polar surface area (TPSA) is 91.6 Å². The van der Waals surface area contributed by atoms with Crippen LogP contribution in [-0.4, -0.2) is 29.6 Å². The van der Waals surface area contributed by atoms with E-state index in [4.69, 9.17) is 34.1 Å². The Morgan fingerprint density at radius 1 is 1.08 bits per heavy atom. The Labute approximate surface area is 160 Å². The van der Waals surface area contributed by atoms with Gasteiger partial charge in [0.1, 0.15) is 18.9 Å². The molecule has 124 valence electrons. The minimum Gasteiger partial charge on any atom is -0.738 e. The van der Waals surface area contributed by atoms with Gasteiger partial charge in [0.15, 0.2) is 12.2 Å². The van der Waals surface area contributed by atoms with Gasteiger partial charge in [-0.1, -0.05) is 4.98 Å². The minimum absolute atomic E-state index is 0.